The van der Waals surface area contributed by atoms with Gasteiger partial charge in [0.25, 0.3) is 0 Å². The highest BCUT2D eigenvalue weighted by Gasteiger charge is 2.10. The van der Waals surface area contributed by atoms with Gasteiger partial charge in [0, 0.05) is 16.9 Å². The first-order chi connectivity index (χ1) is 16.6. The summed E-state index contributed by atoms with van der Waals surface area (Å²) in [6, 6.07) is 22.5. The third kappa shape index (κ3) is 6.23. The predicted molar refractivity (Wildman–Crippen MR) is 131 cm³/mol. The van der Waals surface area contributed by atoms with E-state index in [2.05, 4.69) is 15.3 Å². The van der Waals surface area contributed by atoms with Crippen LogP contribution in [0.1, 0.15) is 22.6 Å². The molecule has 1 aromatic heterocycles. The van der Waals surface area contributed by atoms with E-state index in [0.29, 0.717) is 29.4 Å². The number of carbonyl (C=O) groups is 1. The fraction of sp³-hybridized carbons (Fsp3) is 0.115. The summed E-state index contributed by atoms with van der Waals surface area (Å²) in [5, 5.41) is 2.88. The quantitative estimate of drug-likeness (QED) is 0.199. The van der Waals surface area contributed by atoms with Crippen LogP contribution in [0.2, 0.25) is 0 Å². The summed E-state index contributed by atoms with van der Waals surface area (Å²) in [6.07, 6.45) is 3.22. The molecule has 0 bridgehead atoms. The Morgan fingerprint density at radius 1 is 1.03 bits per heavy atom. The Morgan fingerprint density at radius 3 is 2.56 bits per heavy atom. The van der Waals surface area contributed by atoms with Crippen molar-refractivity contribution in [3.63, 3.8) is 0 Å². The maximum absolute atomic E-state index is 12.6. The molecule has 0 radical (unpaired) electrons. The molecule has 4 aromatic rings. The maximum atomic E-state index is 12.6. The van der Waals surface area contributed by atoms with Crippen LogP contribution in [0.4, 0.5) is 11.4 Å². The molecule has 4 rings (SSSR count). The molecule has 0 fully saturated rings. The van der Waals surface area contributed by atoms with E-state index in [-0.39, 0.29) is 24.7 Å². The number of rotatable bonds is 9. The van der Waals surface area contributed by atoms with Crippen molar-refractivity contribution in [1.29, 1.82) is 0 Å². The third-order valence-electron chi connectivity index (χ3n) is 5.02. The van der Waals surface area contributed by atoms with Crippen molar-refractivity contribution in [2.45, 2.75) is 19.6 Å². The number of anilines is 2. The molecule has 0 saturated heterocycles. The molecule has 0 spiro atoms. The zero-order valence-electron chi connectivity index (χ0n) is 18.5. The number of aliphatic imine (C=N–C) groups is 1. The number of nitrogen functional groups attached to an aromatic ring is 1. The smallest absolute Gasteiger partial charge is 0.228 e. The summed E-state index contributed by atoms with van der Waals surface area (Å²) in [5.41, 5.74) is 15.7. The molecule has 0 unspecified atom stereocenters. The van der Waals surface area contributed by atoms with Gasteiger partial charge in [0.1, 0.15) is 31.0 Å². The van der Waals surface area contributed by atoms with Crippen molar-refractivity contribution < 1.29 is 13.9 Å². The first kappa shape index (κ1) is 22.6. The molecule has 34 heavy (non-hydrogen) atoms. The van der Waals surface area contributed by atoms with Gasteiger partial charge in [-0.2, -0.15) is 0 Å². The average molecular weight is 456 g/mol. The van der Waals surface area contributed by atoms with Crippen molar-refractivity contribution in [2.24, 2.45) is 10.7 Å². The summed E-state index contributed by atoms with van der Waals surface area (Å²) in [4.78, 5) is 20.8. The van der Waals surface area contributed by atoms with Crippen LogP contribution in [-0.2, 0) is 24.4 Å². The van der Waals surface area contributed by atoms with E-state index < -0.39 is 0 Å². The largest absolute Gasteiger partial charge is 0.489 e. The minimum Gasteiger partial charge on any atom is -0.489 e. The van der Waals surface area contributed by atoms with E-state index in [1.54, 1.807) is 18.2 Å². The monoisotopic (exact) mass is 455 g/mol. The molecule has 0 saturated carbocycles. The Bertz CT molecular complexity index is 1250. The summed E-state index contributed by atoms with van der Waals surface area (Å²) < 4.78 is 10.9. The number of oxazole rings is 1. The molecule has 0 atom stereocenters. The molecular formula is C26H25N5O3. The number of amidine groups is 1. The zero-order valence-corrected chi connectivity index (χ0v) is 18.5. The van der Waals surface area contributed by atoms with Crippen LogP contribution in [0.3, 0.4) is 0 Å². The van der Waals surface area contributed by atoms with Crippen molar-refractivity contribution in [2.75, 3.05) is 11.1 Å². The van der Waals surface area contributed by atoms with Gasteiger partial charge in [-0.25, -0.2) is 4.98 Å². The van der Waals surface area contributed by atoms with Gasteiger partial charge < -0.3 is 25.9 Å². The van der Waals surface area contributed by atoms with Gasteiger partial charge in [-0.1, -0.05) is 42.5 Å². The van der Waals surface area contributed by atoms with E-state index in [9.17, 15) is 4.79 Å². The second kappa shape index (κ2) is 10.8. The van der Waals surface area contributed by atoms with Gasteiger partial charge >= 0.3 is 0 Å². The van der Waals surface area contributed by atoms with Crippen molar-refractivity contribution in [1.82, 2.24) is 4.98 Å². The minimum atomic E-state index is -0.163. The molecule has 172 valence electrons. The van der Waals surface area contributed by atoms with Crippen LogP contribution in [0, 0.1) is 0 Å². The summed E-state index contributed by atoms with van der Waals surface area (Å²) in [7, 11) is 0. The normalized spacial score (nSPS) is 11.2. The minimum absolute atomic E-state index is 0.163. The molecule has 0 aliphatic heterocycles. The third-order valence-corrected chi connectivity index (χ3v) is 5.02. The number of benzene rings is 3. The van der Waals surface area contributed by atoms with Crippen LogP contribution in [0.15, 0.2) is 94.7 Å². The number of nitrogens with zero attached hydrogens (tertiary/aromatic N) is 2. The van der Waals surface area contributed by atoms with Gasteiger partial charge in [0.05, 0.1) is 12.6 Å². The molecule has 8 nitrogen and oxygen atoms in total. The first-order valence-electron chi connectivity index (χ1n) is 10.7. The highest BCUT2D eigenvalue weighted by atomic mass is 16.5. The van der Waals surface area contributed by atoms with Crippen LogP contribution in [0.25, 0.3) is 0 Å². The highest BCUT2D eigenvalue weighted by molar-refractivity contribution is 6.03. The number of nitrogens with two attached hydrogens (primary N) is 2. The Kier molecular flexibility index (Phi) is 7.19. The van der Waals surface area contributed by atoms with E-state index >= 15 is 0 Å². The summed E-state index contributed by atoms with van der Waals surface area (Å²) >= 11 is 0. The summed E-state index contributed by atoms with van der Waals surface area (Å²) in [6.45, 7) is 0.685. The van der Waals surface area contributed by atoms with E-state index in [0.717, 1.165) is 16.9 Å². The molecule has 1 heterocycles. The van der Waals surface area contributed by atoms with Crippen molar-refractivity contribution >= 4 is 23.1 Å². The first-order valence-corrected chi connectivity index (χ1v) is 10.7. The number of aromatic nitrogens is 1. The highest BCUT2D eigenvalue weighted by Crippen LogP contribution is 2.19. The van der Waals surface area contributed by atoms with Gasteiger partial charge in [0.15, 0.2) is 0 Å². The second-order valence-electron chi connectivity index (χ2n) is 7.57. The van der Waals surface area contributed by atoms with Crippen LogP contribution in [-0.4, -0.2) is 16.7 Å². The molecule has 3 aromatic carbocycles. The standard InChI is InChI=1S/C26H25N5O3/c27-23-11-8-20(15-22(23)26(28)30-16-25-29-12-13-33-25)31-24(32)14-18-6-9-21(10-7-18)34-17-19-4-2-1-3-5-19/h1-13,15H,14,16-17,27H2,(H2,28,30)(H,31,32). The van der Waals surface area contributed by atoms with E-state index in [1.165, 1.54) is 12.5 Å². The number of carbonyl (C=O) groups excluding carboxylic acids is 1. The predicted octanol–water partition coefficient (Wildman–Crippen LogP) is 3.92. The number of nitrogens with one attached hydrogen (secondary N) is 1. The molecule has 1 amide bonds. The van der Waals surface area contributed by atoms with Crippen molar-refractivity contribution in [3.05, 3.63) is 108 Å². The van der Waals surface area contributed by atoms with Gasteiger partial charge in [0.2, 0.25) is 11.8 Å². The Hall–Kier alpha value is -4.59. The molecular weight excluding hydrogens is 430 g/mol. The van der Waals surface area contributed by atoms with Crippen LogP contribution >= 0.6 is 0 Å². The second-order valence-corrected chi connectivity index (χ2v) is 7.57. The van der Waals surface area contributed by atoms with E-state index in [1.807, 2.05) is 54.6 Å². The summed E-state index contributed by atoms with van der Waals surface area (Å²) in [5.74, 6) is 1.26. The molecule has 0 aliphatic rings. The number of hydrogen-bond acceptors (Lipinski definition) is 6. The van der Waals surface area contributed by atoms with Gasteiger partial charge in [-0.05, 0) is 41.5 Å². The molecule has 5 N–H and O–H groups in total. The Morgan fingerprint density at radius 2 is 1.82 bits per heavy atom. The number of hydrogen-bond donors (Lipinski definition) is 3. The average Bonchev–Trinajstić information content (AvgIpc) is 3.38. The maximum Gasteiger partial charge on any atom is 0.228 e. The number of ether oxygens (including phenoxy) is 1. The molecule has 0 aliphatic carbocycles. The van der Waals surface area contributed by atoms with Gasteiger partial charge in [-0.3, -0.25) is 9.79 Å². The zero-order chi connectivity index (χ0) is 23.8. The van der Waals surface area contributed by atoms with Crippen molar-refractivity contribution in [3.8, 4) is 5.75 Å². The lowest BCUT2D eigenvalue weighted by atomic mass is 10.1. The lowest BCUT2D eigenvalue weighted by Gasteiger charge is -2.10. The fourth-order valence-electron chi connectivity index (χ4n) is 3.26. The SMILES string of the molecule is NC(=NCc1ncco1)c1cc(NC(=O)Cc2ccc(OCc3ccccc3)cc2)ccc1N. The Balaban J connectivity index is 1.33. The Labute approximate surface area is 197 Å². The lowest BCUT2D eigenvalue weighted by Crippen LogP contribution is -2.18. The molecule has 8 heteroatoms. The van der Waals surface area contributed by atoms with Crippen LogP contribution < -0.4 is 21.5 Å². The fourth-order valence-corrected chi connectivity index (χ4v) is 3.26. The lowest BCUT2D eigenvalue weighted by molar-refractivity contribution is -0.115. The van der Waals surface area contributed by atoms with Crippen LogP contribution in [0.5, 0.6) is 5.75 Å². The van der Waals surface area contributed by atoms with Gasteiger partial charge in [-0.15, -0.1) is 0 Å². The number of amides is 1. The topological polar surface area (TPSA) is 129 Å². The van der Waals surface area contributed by atoms with E-state index in [4.69, 9.17) is 20.6 Å².